The highest BCUT2D eigenvalue weighted by Gasteiger charge is 2.17. The number of aromatic nitrogens is 1. The maximum atomic E-state index is 13.3. The summed E-state index contributed by atoms with van der Waals surface area (Å²) in [6.07, 6.45) is 0. The molecular weight excluding hydrogens is 482 g/mol. The molecule has 0 radical (unpaired) electrons. The van der Waals surface area contributed by atoms with Gasteiger partial charge >= 0.3 is 0 Å². The fourth-order valence-electron chi connectivity index (χ4n) is 4.41. The molecule has 0 unspecified atom stereocenters. The zero-order valence-electron chi connectivity index (χ0n) is 20.4. The summed E-state index contributed by atoms with van der Waals surface area (Å²) in [6, 6.07) is 32.5. The summed E-state index contributed by atoms with van der Waals surface area (Å²) in [5, 5.41) is 7.21. The SMILES string of the molecule is Cc1cccc(Cn2c(C(=O)NCc3ccccc3)cc3cc(NC(=O)c4ccccc4Cl)ccc32)c1. The van der Waals surface area contributed by atoms with E-state index in [0.717, 1.165) is 27.6 Å². The summed E-state index contributed by atoms with van der Waals surface area (Å²) in [4.78, 5) is 26.1. The molecule has 37 heavy (non-hydrogen) atoms. The average molecular weight is 508 g/mol. The summed E-state index contributed by atoms with van der Waals surface area (Å²) in [5.74, 6) is -0.445. The van der Waals surface area contributed by atoms with Crippen molar-refractivity contribution in [2.24, 2.45) is 0 Å². The van der Waals surface area contributed by atoms with Crippen LogP contribution in [0.15, 0.2) is 103 Å². The van der Waals surface area contributed by atoms with E-state index in [2.05, 4.69) is 35.8 Å². The Labute approximate surface area is 220 Å². The molecule has 0 fully saturated rings. The van der Waals surface area contributed by atoms with Crippen LogP contribution in [0.25, 0.3) is 10.9 Å². The Hall–Kier alpha value is -4.35. The number of hydrogen-bond donors (Lipinski definition) is 2. The van der Waals surface area contributed by atoms with Crippen LogP contribution in [0.4, 0.5) is 5.69 Å². The van der Waals surface area contributed by atoms with E-state index in [1.807, 2.05) is 65.2 Å². The molecule has 1 aromatic heterocycles. The number of fused-ring (bicyclic) bond motifs is 1. The Kier molecular flexibility index (Phi) is 7.06. The maximum Gasteiger partial charge on any atom is 0.268 e. The first kappa shape index (κ1) is 24.3. The molecule has 0 spiro atoms. The number of carbonyl (C=O) groups excluding carboxylic acids is 2. The van der Waals surface area contributed by atoms with E-state index in [9.17, 15) is 9.59 Å². The second-order valence-corrected chi connectivity index (χ2v) is 9.39. The van der Waals surface area contributed by atoms with Crippen LogP contribution in [0.2, 0.25) is 5.02 Å². The molecule has 2 N–H and O–H groups in total. The largest absolute Gasteiger partial charge is 0.347 e. The normalized spacial score (nSPS) is 10.9. The van der Waals surface area contributed by atoms with E-state index < -0.39 is 0 Å². The predicted molar refractivity (Wildman–Crippen MR) is 149 cm³/mol. The van der Waals surface area contributed by atoms with E-state index in [-0.39, 0.29) is 11.8 Å². The second-order valence-electron chi connectivity index (χ2n) is 8.98. The van der Waals surface area contributed by atoms with Crippen LogP contribution in [0.3, 0.4) is 0 Å². The van der Waals surface area contributed by atoms with Crippen molar-refractivity contribution in [3.05, 3.63) is 136 Å². The number of nitrogens with zero attached hydrogens (tertiary/aromatic N) is 1. The first-order valence-corrected chi connectivity index (χ1v) is 12.4. The van der Waals surface area contributed by atoms with Crippen LogP contribution >= 0.6 is 11.6 Å². The molecule has 0 aliphatic carbocycles. The number of benzene rings is 4. The van der Waals surface area contributed by atoms with Crippen molar-refractivity contribution in [1.29, 1.82) is 0 Å². The topological polar surface area (TPSA) is 63.1 Å². The number of halogens is 1. The van der Waals surface area contributed by atoms with Crippen LogP contribution in [-0.2, 0) is 13.1 Å². The van der Waals surface area contributed by atoms with Gasteiger partial charge in [0.1, 0.15) is 5.69 Å². The smallest absolute Gasteiger partial charge is 0.268 e. The molecule has 0 saturated carbocycles. The van der Waals surface area contributed by atoms with Gasteiger partial charge in [-0.25, -0.2) is 0 Å². The Bertz CT molecular complexity index is 1590. The Morgan fingerprint density at radius 1 is 0.784 bits per heavy atom. The molecular formula is C31H26ClN3O2. The van der Waals surface area contributed by atoms with Crippen LogP contribution in [0.5, 0.6) is 0 Å². The molecule has 4 aromatic carbocycles. The highest BCUT2D eigenvalue weighted by Crippen LogP contribution is 2.26. The van der Waals surface area contributed by atoms with Crippen LogP contribution in [-0.4, -0.2) is 16.4 Å². The minimum atomic E-state index is -0.287. The molecule has 5 nitrogen and oxygen atoms in total. The number of anilines is 1. The fraction of sp³-hybridized carbons (Fsp3) is 0.0968. The van der Waals surface area contributed by atoms with Gasteiger partial charge in [-0.3, -0.25) is 9.59 Å². The zero-order chi connectivity index (χ0) is 25.8. The Balaban J connectivity index is 1.47. The van der Waals surface area contributed by atoms with E-state index >= 15 is 0 Å². The van der Waals surface area contributed by atoms with Crippen molar-refractivity contribution in [2.75, 3.05) is 5.32 Å². The van der Waals surface area contributed by atoms with Crippen molar-refractivity contribution in [1.82, 2.24) is 9.88 Å². The number of carbonyl (C=O) groups is 2. The lowest BCUT2D eigenvalue weighted by Gasteiger charge is -2.12. The van der Waals surface area contributed by atoms with Crippen molar-refractivity contribution in [2.45, 2.75) is 20.0 Å². The summed E-state index contributed by atoms with van der Waals surface area (Å²) in [5.41, 5.74) is 5.79. The van der Waals surface area contributed by atoms with Crippen molar-refractivity contribution in [3.63, 3.8) is 0 Å². The van der Waals surface area contributed by atoms with E-state index in [1.165, 1.54) is 0 Å². The maximum absolute atomic E-state index is 13.3. The standard InChI is InChI=1S/C31H26ClN3O2/c1-21-8-7-11-23(16-21)20-35-28-15-14-25(34-30(36)26-12-5-6-13-27(26)32)17-24(28)18-29(35)31(37)33-19-22-9-3-2-4-10-22/h2-18H,19-20H2,1H3,(H,33,37)(H,34,36). The van der Waals surface area contributed by atoms with Crippen LogP contribution in [0, 0.1) is 6.92 Å². The fourth-order valence-corrected chi connectivity index (χ4v) is 4.63. The van der Waals surface area contributed by atoms with Gasteiger partial charge in [-0.15, -0.1) is 0 Å². The van der Waals surface area contributed by atoms with Gasteiger partial charge < -0.3 is 15.2 Å². The first-order valence-electron chi connectivity index (χ1n) is 12.0. The lowest BCUT2D eigenvalue weighted by atomic mass is 10.1. The lowest BCUT2D eigenvalue weighted by Crippen LogP contribution is -2.25. The molecule has 5 rings (SSSR count). The molecule has 0 atom stereocenters. The van der Waals surface area contributed by atoms with Gasteiger partial charge in [0, 0.05) is 29.7 Å². The molecule has 0 aliphatic heterocycles. The zero-order valence-corrected chi connectivity index (χ0v) is 21.1. The molecule has 0 bridgehead atoms. The van der Waals surface area contributed by atoms with Crippen LogP contribution < -0.4 is 10.6 Å². The molecule has 1 heterocycles. The Morgan fingerprint density at radius 3 is 2.32 bits per heavy atom. The van der Waals surface area contributed by atoms with Crippen molar-refractivity contribution < 1.29 is 9.59 Å². The van der Waals surface area contributed by atoms with Crippen molar-refractivity contribution in [3.8, 4) is 0 Å². The van der Waals surface area contributed by atoms with Gasteiger partial charge in [-0.1, -0.05) is 83.9 Å². The van der Waals surface area contributed by atoms with Gasteiger partial charge in [-0.2, -0.15) is 0 Å². The van der Waals surface area contributed by atoms with Crippen molar-refractivity contribution >= 4 is 40.0 Å². The molecule has 184 valence electrons. The quantitative estimate of drug-likeness (QED) is 0.253. The predicted octanol–water partition coefficient (Wildman–Crippen LogP) is 6.83. The molecule has 5 aromatic rings. The summed E-state index contributed by atoms with van der Waals surface area (Å²) in [7, 11) is 0. The summed E-state index contributed by atoms with van der Waals surface area (Å²) < 4.78 is 2.02. The average Bonchev–Trinajstić information content (AvgIpc) is 3.25. The highest BCUT2D eigenvalue weighted by atomic mass is 35.5. The minimum Gasteiger partial charge on any atom is -0.347 e. The van der Waals surface area contributed by atoms with E-state index in [1.54, 1.807) is 24.3 Å². The molecule has 6 heteroatoms. The lowest BCUT2D eigenvalue weighted by molar-refractivity contribution is 0.0941. The van der Waals surface area contributed by atoms with E-state index in [4.69, 9.17) is 11.6 Å². The first-order chi connectivity index (χ1) is 18.0. The minimum absolute atomic E-state index is 0.158. The van der Waals surface area contributed by atoms with Gasteiger partial charge in [0.25, 0.3) is 11.8 Å². The number of aryl methyl sites for hydroxylation is 1. The van der Waals surface area contributed by atoms with Gasteiger partial charge in [-0.05, 0) is 54.4 Å². The summed E-state index contributed by atoms with van der Waals surface area (Å²) >= 11 is 6.19. The van der Waals surface area contributed by atoms with Gasteiger partial charge in [0.2, 0.25) is 0 Å². The molecule has 0 saturated heterocycles. The van der Waals surface area contributed by atoms with Gasteiger partial charge in [0.15, 0.2) is 0 Å². The number of amides is 2. The Morgan fingerprint density at radius 2 is 1.54 bits per heavy atom. The number of hydrogen-bond acceptors (Lipinski definition) is 2. The van der Waals surface area contributed by atoms with Gasteiger partial charge in [0.05, 0.1) is 10.6 Å². The highest BCUT2D eigenvalue weighted by molar-refractivity contribution is 6.34. The molecule has 0 aliphatic rings. The van der Waals surface area contributed by atoms with Crippen LogP contribution in [0.1, 0.15) is 37.5 Å². The molecule has 2 amide bonds. The van der Waals surface area contributed by atoms with E-state index in [0.29, 0.717) is 35.1 Å². The number of rotatable bonds is 7. The number of nitrogens with one attached hydrogen (secondary N) is 2. The monoisotopic (exact) mass is 507 g/mol. The second kappa shape index (κ2) is 10.7. The third kappa shape index (κ3) is 5.57. The third-order valence-corrected chi connectivity index (χ3v) is 6.56. The third-order valence-electron chi connectivity index (χ3n) is 6.23. The summed E-state index contributed by atoms with van der Waals surface area (Å²) in [6.45, 7) is 3.04.